The van der Waals surface area contributed by atoms with Crippen molar-refractivity contribution in [2.45, 2.75) is 50.9 Å². The van der Waals surface area contributed by atoms with Crippen molar-refractivity contribution in [3.63, 3.8) is 0 Å². The highest BCUT2D eigenvalue weighted by atomic mass is 19.4. The number of alkyl halides is 6. The molecule has 6 nitrogen and oxygen atoms in total. The number of benzene rings is 2. The summed E-state index contributed by atoms with van der Waals surface area (Å²) in [7, 11) is 0. The highest BCUT2D eigenvalue weighted by molar-refractivity contribution is 5.94. The second kappa shape index (κ2) is 11.5. The molecule has 2 aromatic carbocycles. The van der Waals surface area contributed by atoms with Gasteiger partial charge in [-0.05, 0) is 73.7 Å². The van der Waals surface area contributed by atoms with Gasteiger partial charge in [-0.2, -0.15) is 0 Å². The highest BCUT2D eigenvalue weighted by Crippen LogP contribution is 2.28. The number of hydrogen-bond acceptors (Lipinski definition) is 4. The SMILES string of the molecule is O=C(NCCC1CCCC(NC(=O)c2ccc(OC(F)(F)F)cc2)C1)c1ccc(OC(F)(F)F)cc1. The van der Waals surface area contributed by atoms with Crippen molar-refractivity contribution in [1.29, 1.82) is 0 Å². The summed E-state index contributed by atoms with van der Waals surface area (Å²) in [5.41, 5.74) is 0.413. The summed E-state index contributed by atoms with van der Waals surface area (Å²) >= 11 is 0. The molecule has 1 fully saturated rings. The Labute approximate surface area is 203 Å². The third-order valence-corrected chi connectivity index (χ3v) is 5.66. The van der Waals surface area contributed by atoms with Gasteiger partial charge in [0.15, 0.2) is 0 Å². The maximum Gasteiger partial charge on any atom is 0.573 e. The van der Waals surface area contributed by atoms with Crippen molar-refractivity contribution in [1.82, 2.24) is 10.6 Å². The molecule has 12 heteroatoms. The molecule has 0 saturated heterocycles. The summed E-state index contributed by atoms with van der Waals surface area (Å²) in [6.45, 7) is 0.353. The Morgan fingerprint density at radius 3 is 1.78 bits per heavy atom. The van der Waals surface area contributed by atoms with Gasteiger partial charge in [0.1, 0.15) is 11.5 Å². The molecule has 0 aliphatic heterocycles. The first kappa shape index (κ1) is 27.2. The molecule has 0 radical (unpaired) electrons. The fourth-order valence-corrected chi connectivity index (χ4v) is 4.06. The summed E-state index contributed by atoms with van der Waals surface area (Å²) in [6, 6.07) is 9.16. The van der Waals surface area contributed by atoms with Crippen LogP contribution in [-0.2, 0) is 0 Å². The Kier molecular flexibility index (Phi) is 8.70. The average Bonchev–Trinajstić information content (AvgIpc) is 2.78. The molecule has 1 saturated carbocycles. The van der Waals surface area contributed by atoms with Crippen molar-refractivity contribution in [2.75, 3.05) is 6.54 Å². The molecule has 3 rings (SSSR count). The van der Waals surface area contributed by atoms with Crippen molar-refractivity contribution in [3.05, 3.63) is 59.7 Å². The lowest BCUT2D eigenvalue weighted by molar-refractivity contribution is -0.275. The third-order valence-electron chi connectivity index (χ3n) is 5.66. The van der Waals surface area contributed by atoms with E-state index in [1.165, 1.54) is 24.3 Å². The van der Waals surface area contributed by atoms with Crippen LogP contribution in [0.5, 0.6) is 11.5 Å². The van der Waals surface area contributed by atoms with Crippen LogP contribution in [0.25, 0.3) is 0 Å². The van der Waals surface area contributed by atoms with E-state index in [1.807, 2.05) is 0 Å². The molecule has 0 aromatic heterocycles. The Morgan fingerprint density at radius 2 is 1.28 bits per heavy atom. The molecular weight excluding hydrogens is 494 g/mol. The molecule has 0 spiro atoms. The first-order chi connectivity index (χ1) is 16.9. The van der Waals surface area contributed by atoms with Crippen LogP contribution in [-0.4, -0.2) is 37.1 Å². The zero-order valence-electron chi connectivity index (χ0n) is 18.9. The third kappa shape index (κ3) is 8.97. The molecule has 36 heavy (non-hydrogen) atoms. The lowest BCUT2D eigenvalue weighted by Crippen LogP contribution is -2.39. The minimum absolute atomic E-state index is 0.112. The van der Waals surface area contributed by atoms with E-state index in [2.05, 4.69) is 20.1 Å². The van der Waals surface area contributed by atoms with Gasteiger partial charge >= 0.3 is 12.7 Å². The monoisotopic (exact) mass is 518 g/mol. The van der Waals surface area contributed by atoms with E-state index < -0.39 is 36.0 Å². The Morgan fingerprint density at radius 1 is 0.778 bits per heavy atom. The van der Waals surface area contributed by atoms with Crippen molar-refractivity contribution < 1.29 is 45.4 Å². The highest BCUT2D eigenvalue weighted by Gasteiger charge is 2.32. The predicted molar refractivity (Wildman–Crippen MR) is 116 cm³/mol. The second-order valence-electron chi connectivity index (χ2n) is 8.39. The zero-order chi connectivity index (χ0) is 26.3. The molecular formula is C24H24F6N2O4. The summed E-state index contributed by atoms with van der Waals surface area (Å²) in [5, 5.41) is 5.63. The number of hydrogen-bond donors (Lipinski definition) is 2. The topological polar surface area (TPSA) is 76.7 Å². The minimum atomic E-state index is -4.81. The molecule has 2 aromatic rings. The van der Waals surface area contributed by atoms with Crippen LogP contribution in [0.3, 0.4) is 0 Å². The van der Waals surface area contributed by atoms with Crippen LogP contribution < -0.4 is 20.1 Å². The van der Waals surface area contributed by atoms with Crippen LogP contribution in [0.1, 0.15) is 52.8 Å². The van der Waals surface area contributed by atoms with Gasteiger partial charge < -0.3 is 20.1 Å². The van der Waals surface area contributed by atoms with E-state index in [1.54, 1.807) is 0 Å². The van der Waals surface area contributed by atoms with E-state index in [4.69, 9.17) is 0 Å². The van der Waals surface area contributed by atoms with Gasteiger partial charge in [-0.15, -0.1) is 26.3 Å². The van der Waals surface area contributed by atoms with Crippen LogP contribution >= 0.6 is 0 Å². The molecule has 2 atom stereocenters. The van der Waals surface area contributed by atoms with E-state index in [9.17, 15) is 35.9 Å². The Balaban J connectivity index is 1.42. The smallest absolute Gasteiger partial charge is 0.406 e. The number of nitrogens with one attached hydrogen (secondary N) is 2. The maximum absolute atomic E-state index is 12.5. The number of carbonyl (C=O) groups is 2. The molecule has 1 aliphatic rings. The fourth-order valence-electron chi connectivity index (χ4n) is 4.06. The van der Waals surface area contributed by atoms with Gasteiger partial charge in [0.05, 0.1) is 0 Å². The molecule has 0 bridgehead atoms. The lowest BCUT2D eigenvalue weighted by atomic mass is 9.83. The molecule has 0 heterocycles. The van der Waals surface area contributed by atoms with Crippen molar-refractivity contribution in [2.24, 2.45) is 5.92 Å². The standard InChI is InChI=1S/C24H24F6N2O4/c25-23(26,27)35-19-8-4-16(5-9-19)21(33)31-13-12-15-2-1-3-18(14-15)32-22(34)17-6-10-20(11-7-17)36-24(28,29)30/h4-11,15,18H,1-3,12-14H2,(H,31,33)(H,32,34). The lowest BCUT2D eigenvalue weighted by Gasteiger charge is -2.30. The van der Waals surface area contributed by atoms with Gasteiger partial charge in [-0.25, -0.2) is 0 Å². The average molecular weight is 518 g/mol. The molecule has 2 amide bonds. The number of ether oxygens (including phenoxy) is 2. The second-order valence-corrected chi connectivity index (χ2v) is 8.39. The predicted octanol–water partition coefficient (Wildman–Crippen LogP) is 5.59. The molecule has 2 unspecified atom stereocenters. The van der Waals surface area contributed by atoms with E-state index in [-0.39, 0.29) is 23.1 Å². The summed E-state index contributed by atoms with van der Waals surface area (Å²) in [5.74, 6) is -1.42. The zero-order valence-corrected chi connectivity index (χ0v) is 18.9. The molecule has 1 aliphatic carbocycles. The fraction of sp³-hybridized carbons (Fsp3) is 0.417. The van der Waals surface area contributed by atoms with Crippen LogP contribution in [0, 0.1) is 5.92 Å². The Bertz CT molecular complexity index is 1020. The number of rotatable bonds is 8. The molecule has 2 N–H and O–H groups in total. The summed E-state index contributed by atoms with van der Waals surface area (Å²) in [4.78, 5) is 24.7. The first-order valence-electron chi connectivity index (χ1n) is 11.2. The van der Waals surface area contributed by atoms with Crippen LogP contribution in [0.2, 0.25) is 0 Å². The Hall–Kier alpha value is -3.44. The van der Waals surface area contributed by atoms with Gasteiger partial charge in [0.2, 0.25) is 0 Å². The molecule has 196 valence electrons. The van der Waals surface area contributed by atoms with E-state index in [0.717, 1.165) is 43.5 Å². The maximum atomic E-state index is 12.5. The van der Waals surface area contributed by atoms with Crippen LogP contribution in [0.15, 0.2) is 48.5 Å². The number of carbonyl (C=O) groups excluding carboxylic acids is 2. The minimum Gasteiger partial charge on any atom is -0.406 e. The van der Waals surface area contributed by atoms with Gasteiger partial charge in [0, 0.05) is 23.7 Å². The van der Waals surface area contributed by atoms with Crippen LogP contribution in [0.4, 0.5) is 26.3 Å². The van der Waals surface area contributed by atoms with Crippen molar-refractivity contribution in [3.8, 4) is 11.5 Å². The first-order valence-corrected chi connectivity index (χ1v) is 11.2. The summed E-state index contributed by atoms with van der Waals surface area (Å²) < 4.78 is 81.1. The largest absolute Gasteiger partial charge is 0.573 e. The van der Waals surface area contributed by atoms with Gasteiger partial charge in [-0.3, -0.25) is 9.59 Å². The summed E-state index contributed by atoms with van der Waals surface area (Å²) in [6.07, 6.45) is -5.75. The quantitative estimate of drug-likeness (QED) is 0.447. The normalized spacial score (nSPS) is 18.3. The van der Waals surface area contributed by atoms with E-state index in [0.29, 0.717) is 19.4 Å². The van der Waals surface area contributed by atoms with Gasteiger partial charge in [0.25, 0.3) is 11.8 Å². The van der Waals surface area contributed by atoms with Gasteiger partial charge in [-0.1, -0.05) is 12.8 Å². The van der Waals surface area contributed by atoms with Crippen molar-refractivity contribution >= 4 is 11.8 Å². The number of halogens is 6. The van der Waals surface area contributed by atoms with E-state index >= 15 is 0 Å². The number of amides is 2.